The van der Waals surface area contributed by atoms with Crippen molar-refractivity contribution in [1.29, 1.82) is 0 Å². The van der Waals surface area contributed by atoms with Crippen LogP contribution in [0, 0.1) is 11.8 Å². The van der Waals surface area contributed by atoms with E-state index in [2.05, 4.69) is 4.72 Å². The van der Waals surface area contributed by atoms with Crippen LogP contribution in [-0.4, -0.2) is 27.6 Å². The second-order valence-electron chi connectivity index (χ2n) is 2.98. The molecule has 0 saturated heterocycles. The van der Waals surface area contributed by atoms with Crippen molar-refractivity contribution in [3.05, 3.63) is 0 Å². The minimum Gasteiger partial charge on any atom is -0.218 e. The molecule has 0 aromatic rings. The molecule has 0 bridgehead atoms. The fourth-order valence-electron chi connectivity index (χ4n) is 1.14. The predicted octanol–water partition coefficient (Wildman–Crippen LogP) is 0.437. The molecular formula is C6H11F2NO2S. The van der Waals surface area contributed by atoms with E-state index in [1.165, 1.54) is 7.05 Å². The molecule has 12 heavy (non-hydrogen) atoms. The van der Waals surface area contributed by atoms with Crippen LogP contribution < -0.4 is 4.72 Å². The van der Waals surface area contributed by atoms with Crippen LogP contribution in [0.2, 0.25) is 0 Å². The van der Waals surface area contributed by atoms with Crippen LogP contribution in [0.25, 0.3) is 0 Å². The molecule has 1 N–H and O–H groups in total. The maximum atomic E-state index is 11.9. The van der Waals surface area contributed by atoms with Crippen molar-refractivity contribution in [2.75, 3.05) is 12.8 Å². The summed E-state index contributed by atoms with van der Waals surface area (Å²) < 4.78 is 47.7. The summed E-state index contributed by atoms with van der Waals surface area (Å²) in [7, 11) is -2.02. The quantitative estimate of drug-likeness (QED) is 0.714. The fraction of sp³-hybridized carbons (Fsp3) is 1.00. The van der Waals surface area contributed by atoms with Crippen LogP contribution in [0.4, 0.5) is 8.78 Å². The van der Waals surface area contributed by atoms with Gasteiger partial charge in [-0.1, -0.05) is 0 Å². The Balaban J connectivity index is 2.38. The first kappa shape index (κ1) is 9.85. The number of hydrogen-bond donors (Lipinski definition) is 1. The summed E-state index contributed by atoms with van der Waals surface area (Å²) in [6.07, 6.45) is -2.04. The van der Waals surface area contributed by atoms with Crippen molar-refractivity contribution in [2.45, 2.75) is 12.8 Å². The van der Waals surface area contributed by atoms with Crippen LogP contribution in [0.5, 0.6) is 0 Å². The largest absolute Gasteiger partial charge is 0.241 e. The SMILES string of the molecule is CNS(=O)(=O)C[C@@H]1C[C@H]1C(F)F. The lowest BCUT2D eigenvalue weighted by atomic mass is 10.4. The van der Waals surface area contributed by atoms with Gasteiger partial charge >= 0.3 is 0 Å². The van der Waals surface area contributed by atoms with Crippen molar-refractivity contribution >= 4 is 10.0 Å². The van der Waals surface area contributed by atoms with Crippen molar-refractivity contribution < 1.29 is 17.2 Å². The highest BCUT2D eigenvalue weighted by atomic mass is 32.2. The third-order valence-electron chi connectivity index (χ3n) is 2.05. The van der Waals surface area contributed by atoms with Gasteiger partial charge in [-0.25, -0.2) is 21.9 Å². The average molecular weight is 199 g/mol. The molecule has 6 heteroatoms. The number of sulfonamides is 1. The second-order valence-corrected chi connectivity index (χ2v) is 4.95. The van der Waals surface area contributed by atoms with E-state index in [0.29, 0.717) is 6.42 Å². The van der Waals surface area contributed by atoms with Gasteiger partial charge in [0.15, 0.2) is 0 Å². The molecule has 3 nitrogen and oxygen atoms in total. The van der Waals surface area contributed by atoms with Crippen LogP contribution in [0.1, 0.15) is 6.42 Å². The third kappa shape index (κ3) is 2.38. The molecule has 0 spiro atoms. The normalized spacial score (nSPS) is 29.3. The lowest BCUT2D eigenvalue weighted by Gasteiger charge is -2.00. The number of rotatable bonds is 4. The van der Waals surface area contributed by atoms with Gasteiger partial charge in [-0.15, -0.1) is 0 Å². The van der Waals surface area contributed by atoms with Crippen LogP contribution in [-0.2, 0) is 10.0 Å². The Labute approximate surface area is 70.2 Å². The van der Waals surface area contributed by atoms with Gasteiger partial charge < -0.3 is 0 Å². The summed E-state index contributed by atoms with van der Waals surface area (Å²) in [5.74, 6) is -1.21. The molecule has 1 rings (SSSR count). The van der Waals surface area contributed by atoms with Gasteiger partial charge in [0.25, 0.3) is 0 Å². The van der Waals surface area contributed by atoms with Gasteiger partial charge in [0.1, 0.15) is 0 Å². The van der Waals surface area contributed by atoms with E-state index >= 15 is 0 Å². The average Bonchev–Trinajstić information content (AvgIpc) is 2.67. The highest BCUT2D eigenvalue weighted by Crippen LogP contribution is 2.43. The molecule has 2 atom stereocenters. The Bertz CT molecular complexity index is 252. The zero-order valence-electron chi connectivity index (χ0n) is 6.63. The van der Waals surface area contributed by atoms with Gasteiger partial charge in [0.05, 0.1) is 5.75 Å². The standard InChI is InChI=1S/C6H11F2NO2S/c1-9-12(10,11)3-4-2-5(4)6(7)8/h4-6,9H,2-3H2,1H3/t4-,5+/m0/s1. The van der Waals surface area contributed by atoms with Crippen molar-refractivity contribution in [3.8, 4) is 0 Å². The number of halogens is 2. The summed E-state index contributed by atoms with van der Waals surface area (Å²) in [5, 5.41) is 0. The Morgan fingerprint density at radius 2 is 2.17 bits per heavy atom. The van der Waals surface area contributed by atoms with Gasteiger partial charge in [-0.3, -0.25) is 0 Å². The second kappa shape index (κ2) is 3.26. The van der Waals surface area contributed by atoms with Gasteiger partial charge in [-0.05, 0) is 19.4 Å². The summed E-state index contributed by atoms with van der Waals surface area (Å²) >= 11 is 0. The highest BCUT2D eigenvalue weighted by molar-refractivity contribution is 7.89. The monoisotopic (exact) mass is 199 g/mol. The summed E-state index contributed by atoms with van der Waals surface area (Å²) in [5.41, 5.74) is 0. The highest BCUT2D eigenvalue weighted by Gasteiger charge is 2.45. The van der Waals surface area contributed by atoms with E-state index in [-0.39, 0.29) is 11.7 Å². The summed E-state index contributed by atoms with van der Waals surface area (Å²) in [4.78, 5) is 0. The zero-order chi connectivity index (χ0) is 9.35. The van der Waals surface area contributed by atoms with Gasteiger partial charge in [-0.2, -0.15) is 0 Å². The van der Waals surface area contributed by atoms with Crippen molar-refractivity contribution in [2.24, 2.45) is 11.8 Å². The lowest BCUT2D eigenvalue weighted by molar-refractivity contribution is 0.117. The zero-order valence-corrected chi connectivity index (χ0v) is 7.44. The Morgan fingerprint density at radius 3 is 2.50 bits per heavy atom. The minimum absolute atomic E-state index is 0.168. The molecular weight excluding hydrogens is 188 g/mol. The van der Waals surface area contributed by atoms with Crippen LogP contribution in [0.3, 0.4) is 0 Å². The first-order chi connectivity index (χ1) is 5.46. The smallest absolute Gasteiger partial charge is 0.218 e. The fourth-order valence-corrected chi connectivity index (χ4v) is 2.25. The molecule has 0 heterocycles. The molecule has 72 valence electrons. The van der Waals surface area contributed by atoms with Crippen LogP contribution >= 0.6 is 0 Å². The molecule has 0 amide bonds. The summed E-state index contributed by atoms with van der Waals surface area (Å²) in [6.45, 7) is 0. The molecule has 0 unspecified atom stereocenters. The van der Waals surface area contributed by atoms with E-state index in [4.69, 9.17) is 0 Å². The molecule has 1 aliphatic carbocycles. The Hall–Kier alpha value is -0.230. The molecule has 0 aromatic carbocycles. The van der Waals surface area contributed by atoms with E-state index in [1.807, 2.05) is 0 Å². The van der Waals surface area contributed by atoms with E-state index < -0.39 is 22.4 Å². The number of nitrogens with one attached hydrogen (secondary N) is 1. The van der Waals surface area contributed by atoms with Gasteiger partial charge in [0, 0.05) is 5.92 Å². The molecule has 0 aromatic heterocycles. The number of hydrogen-bond acceptors (Lipinski definition) is 2. The van der Waals surface area contributed by atoms with Crippen LogP contribution in [0.15, 0.2) is 0 Å². The maximum Gasteiger partial charge on any atom is 0.241 e. The predicted molar refractivity (Wildman–Crippen MR) is 40.4 cm³/mol. The molecule has 0 aliphatic heterocycles. The van der Waals surface area contributed by atoms with E-state index in [1.54, 1.807) is 0 Å². The van der Waals surface area contributed by atoms with Crippen molar-refractivity contribution in [3.63, 3.8) is 0 Å². The molecule has 1 aliphatic rings. The molecule has 1 fully saturated rings. The topological polar surface area (TPSA) is 46.2 Å². The summed E-state index contributed by atoms with van der Waals surface area (Å²) in [6, 6.07) is 0. The van der Waals surface area contributed by atoms with Gasteiger partial charge in [0.2, 0.25) is 16.4 Å². The molecule has 1 saturated carbocycles. The van der Waals surface area contributed by atoms with E-state index in [9.17, 15) is 17.2 Å². The maximum absolute atomic E-state index is 11.9. The minimum atomic E-state index is -3.31. The number of alkyl halides is 2. The van der Waals surface area contributed by atoms with E-state index in [0.717, 1.165) is 0 Å². The molecule has 0 radical (unpaired) electrons. The first-order valence-electron chi connectivity index (χ1n) is 3.65. The first-order valence-corrected chi connectivity index (χ1v) is 5.31. The lowest BCUT2D eigenvalue weighted by Crippen LogP contribution is -2.23. The van der Waals surface area contributed by atoms with Crippen molar-refractivity contribution in [1.82, 2.24) is 4.72 Å². The Kier molecular flexibility index (Phi) is 2.67. The third-order valence-corrected chi connectivity index (χ3v) is 3.53. The Morgan fingerprint density at radius 1 is 1.58 bits per heavy atom.